The molecule has 1 aliphatic heterocycles. The molecule has 0 unspecified atom stereocenters. The molecular weight excluding hydrogens is 367 g/mol. The number of nitrogens with zero attached hydrogens (tertiary/aromatic N) is 1. The molecule has 5 nitrogen and oxygen atoms in total. The number of morpholine rings is 1. The van der Waals surface area contributed by atoms with E-state index in [9.17, 15) is 12.8 Å². The summed E-state index contributed by atoms with van der Waals surface area (Å²) in [5.74, 6) is -0.509. The molecule has 0 saturated carbocycles. The molecule has 0 radical (unpaired) electrons. The summed E-state index contributed by atoms with van der Waals surface area (Å²) in [7, 11) is -3.41. The number of anilines is 1. The number of ether oxygens (including phenoxy) is 1. The molecule has 3 rings (SSSR count). The molecule has 0 bridgehead atoms. The number of aryl methyl sites for hydroxylation is 1. The number of hydrogen-bond donors (Lipinski definition) is 1. The van der Waals surface area contributed by atoms with Crippen LogP contribution < -0.4 is 9.62 Å². The van der Waals surface area contributed by atoms with E-state index in [0.29, 0.717) is 12.1 Å². The largest absolute Gasteiger partial charge is 0.378 e. The second-order valence-electron chi connectivity index (χ2n) is 6.65. The van der Waals surface area contributed by atoms with Crippen molar-refractivity contribution in [3.8, 4) is 0 Å². The summed E-state index contributed by atoms with van der Waals surface area (Å²) < 4.78 is 45.1. The average Bonchev–Trinajstić information content (AvgIpc) is 2.68. The third-order valence-corrected chi connectivity index (χ3v) is 5.90. The maximum absolute atomic E-state index is 12.9. The maximum atomic E-state index is 12.9. The van der Waals surface area contributed by atoms with Crippen LogP contribution in [-0.4, -0.2) is 41.3 Å². The van der Waals surface area contributed by atoms with Gasteiger partial charge < -0.3 is 9.64 Å². The van der Waals surface area contributed by atoms with Crippen molar-refractivity contribution in [2.75, 3.05) is 37.7 Å². The molecule has 1 fully saturated rings. The number of nitrogens with one attached hydrogen (secondary N) is 1. The van der Waals surface area contributed by atoms with E-state index in [1.807, 2.05) is 0 Å². The minimum Gasteiger partial charge on any atom is -0.378 e. The Balaban J connectivity index is 1.42. The van der Waals surface area contributed by atoms with Gasteiger partial charge in [-0.25, -0.2) is 17.5 Å². The van der Waals surface area contributed by atoms with Gasteiger partial charge in [-0.1, -0.05) is 24.3 Å². The predicted octanol–water partition coefficient (Wildman–Crippen LogP) is 2.71. The quantitative estimate of drug-likeness (QED) is 0.702. The molecular formula is C20H25FN2O3S. The lowest BCUT2D eigenvalue weighted by atomic mass is 10.1. The summed E-state index contributed by atoms with van der Waals surface area (Å²) in [6, 6.07) is 13.9. The highest BCUT2D eigenvalue weighted by atomic mass is 32.2. The molecule has 0 amide bonds. The molecule has 0 aromatic heterocycles. The van der Waals surface area contributed by atoms with Gasteiger partial charge in [0.25, 0.3) is 0 Å². The van der Waals surface area contributed by atoms with Crippen molar-refractivity contribution >= 4 is 15.7 Å². The fourth-order valence-corrected chi connectivity index (χ4v) is 4.25. The average molecular weight is 392 g/mol. The normalized spacial score (nSPS) is 15.1. The van der Waals surface area contributed by atoms with Crippen LogP contribution in [0.1, 0.15) is 17.5 Å². The number of sulfonamides is 1. The van der Waals surface area contributed by atoms with Gasteiger partial charge in [-0.15, -0.1) is 0 Å². The molecule has 146 valence electrons. The van der Waals surface area contributed by atoms with E-state index < -0.39 is 10.0 Å². The fraction of sp³-hybridized carbons (Fsp3) is 0.400. The van der Waals surface area contributed by atoms with Gasteiger partial charge in [0.1, 0.15) is 5.82 Å². The zero-order valence-corrected chi connectivity index (χ0v) is 16.1. The number of benzene rings is 2. The Morgan fingerprint density at radius 2 is 1.59 bits per heavy atom. The van der Waals surface area contributed by atoms with Crippen LogP contribution in [0.15, 0.2) is 48.5 Å². The molecule has 7 heteroatoms. The highest BCUT2D eigenvalue weighted by Gasteiger charge is 2.12. The summed E-state index contributed by atoms with van der Waals surface area (Å²) in [6.07, 6.45) is 1.53. The monoisotopic (exact) mass is 392 g/mol. The Labute approximate surface area is 160 Å². The van der Waals surface area contributed by atoms with Crippen molar-refractivity contribution in [3.05, 3.63) is 65.5 Å². The van der Waals surface area contributed by atoms with E-state index >= 15 is 0 Å². The first kappa shape index (κ1) is 19.8. The fourth-order valence-electron chi connectivity index (χ4n) is 3.07. The first-order valence-electron chi connectivity index (χ1n) is 9.15. The van der Waals surface area contributed by atoms with Crippen molar-refractivity contribution < 1.29 is 17.5 Å². The smallest absolute Gasteiger partial charge is 0.215 e. The summed E-state index contributed by atoms with van der Waals surface area (Å²) in [6.45, 7) is 3.73. The zero-order valence-electron chi connectivity index (χ0n) is 15.2. The minimum absolute atomic E-state index is 0.137. The van der Waals surface area contributed by atoms with Crippen molar-refractivity contribution in [2.24, 2.45) is 0 Å². The summed E-state index contributed by atoms with van der Waals surface area (Å²) in [5, 5.41) is 0. The van der Waals surface area contributed by atoms with E-state index in [4.69, 9.17) is 4.74 Å². The van der Waals surface area contributed by atoms with Crippen molar-refractivity contribution in [2.45, 2.75) is 18.6 Å². The molecule has 1 N–H and O–H groups in total. The maximum Gasteiger partial charge on any atom is 0.215 e. The molecule has 1 heterocycles. The topological polar surface area (TPSA) is 58.6 Å². The van der Waals surface area contributed by atoms with E-state index in [1.54, 1.807) is 0 Å². The van der Waals surface area contributed by atoms with Crippen molar-refractivity contribution in [3.63, 3.8) is 0 Å². The lowest BCUT2D eigenvalue weighted by Gasteiger charge is -2.28. The standard InChI is InChI=1S/C20H25FN2O3S/c21-19-7-3-18(4-8-19)16-27(24,25)22-11-1-2-17-5-9-20(10-6-17)23-12-14-26-15-13-23/h3-10,22H,1-2,11-16H2. The third kappa shape index (κ3) is 6.30. The third-order valence-electron chi connectivity index (χ3n) is 4.55. The van der Waals surface area contributed by atoms with Crippen LogP contribution in [0.25, 0.3) is 0 Å². The van der Waals surface area contributed by atoms with Crippen LogP contribution in [0.5, 0.6) is 0 Å². The van der Waals surface area contributed by atoms with Crippen LogP contribution in [0.2, 0.25) is 0 Å². The Bertz CT molecular complexity index is 817. The van der Waals surface area contributed by atoms with Crippen LogP contribution >= 0.6 is 0 Å². The van der Waals surface area contributed by atoms with E-state index in [0.717, 1.165) is 39.1 Å². The first-order chi connectivity index (χ1) is 13.0. The summed E-state index contributed by atoms with van der Waals surface area (Å²) in [4.78, 5) is 2.30. The highest BCUT2D eigenvalue weighted by Crippen LogP contribution is 2.17. The predicted molar refractivity (Wildman–Crippen MR) is 105 cm³/mol. The second kappa shape index (κ2) is 9.30. The highest BCUT2D eigenvalue weighted by molar-refractivity contribution is 7.88. The lowest BCUT2D eigenvalue weighted by molar-refractivity contribution is 0.122. The van der Waals surface area contributed by atoms with Crippen LogP contribution in [0.4, 0.5) is 10.1 Å². The van der Waals surface area contributed by atoms with Crippen molar-refractivity contribution in [1.29, 1.82) is 0 Å². The molecule has 1 saturated heterocycles. The molecule has 2 aromatic carbocycles. The number of rotatable bonds is 8. The Morgan fingerprint density at radius 1 is 0.963 bits per heavy atom. The SMILES string of the molecule is O=S(=O)(Cc1ccc(F)cc1)NCCCc1ccc(N2CCOCC2)cc1. The summed E-state index contributed by atoms with van der Waals surface area (Å²) >= 11 is 0. The molecule has 1 aliphatic rings. The molecule has 0 aliphatic carbocycles. The van der Waals surface area contributed by atoms with Crippen molar-refractivity contribution in [1.82, 2.24) is 4.72 Å². The lowest BCUT2D eigenvalue weighted by Crippen LogP contribution is -2.36. The van der Waals surface area contributed by atoms with Gasteiger partial charge in [-0.3, -0.25) is 0 Å². The molecule has 0 spiro atoms. The number of halogens is 1. The van der Waals surface area contributed by atoms with Crippen LogP contribution in [-0.2, 0) is 26.9 Å². The van der Waals surface area contributed by atoms with E-state index in [1.165, 1.54) is 35.5 Å². The van der Waals surface area contributed by atoms with Gasteiger partial charge in [0.05, 0.1) is 19.0 Å². The van der Waals surface area contributed by atoms with Crippen LogP contribution in [0.3, 0.4) is 0 Å². The molecule has 0 atom stereocenters. The summed E-state index contributed by atoms with van der Waals surface area (Å²) in [5.41, 5.74) is 2.95. The van der Waals surface area contributed by atoms with Gasteiger partial charge in [-0.2, -0.15) is 0 Å². The Hall–Kier alpha value is -1.96. The zero-order chi connectivity index (χ0) is 19.1. The Morgan fingerprint density at radius 3 is 2.26 bits per heavy atom. The Kier molecular flexibility index (Phi) is 6.82. The van der Waals surface area contributed by atoms with E-state index in [-0.39, 0.29) is 11.6 Å². The van der Waals surface area contributed by atoms with Gasteiger partial charge in [-0.05, 0) is 48.2 Å². The van der Waals surface area contributed by atoms with Gasteiger partial charge in [0.2, 0.25) is 10.0 Å². The van der Waals surface area contributed by atoms with E-state index in [2.05, 4.69) is 33.9 Å². The molecule has 2 aromatic rings. The minimum atomic E-state index is -3.41. The van der Waals surface area contributed by atoms with Gasteiger partial charge >= 0.3 is 0 Å². The van der Waals surface area contributed by atoms with Gasteiger partial charge in [0, 0.05) is 25.3 Å². The first-order valence-corrected chi connectivity index (χ1v) is 10.8. The molecule has 27 heavy (non-hydrogen) atoms. The van der Waals surface area contributed by atoms with Gasteiger partial charge in [0.15, 0.2) is 0 Å². The number of hydrogen-bond acceptors (Lipinski definition) is 4. The van der Waals surface area contributed by atoms with Crippen LogP contribution in [0, 0.1) is 5.82 Å². The second-order valence-corrected chi connectivity index (χ2v) is 8.46.